The lowest BCUT2D eigenvalue weighted by molar-refractivity contribution is -0.133. The van der Waals surface area contributed by atoms with Crippen LogP contribution in [0.25, 0.3) is 0 Å². The minimum atomic E-state index is -0.211. The molecule has 0 atom stereocenters. The first-order chi connectivity index (χ1) is 7.38. The number of likely N-dealkylation sites (tertiary alicyclic amines) is 1. The zero-order valence-corrected chi connectivity index (χ0v) is 10.6. The molecule has 1 heterocycles. The molecule has 0 spiro atoms. The number of aliphatic hydroxyl groups excluding tert-OH is 1. The Morgan fingerprint density at radius 2 is 1.94 bits per heavy atom. The quantitative estimate of drug-likeness (QED) is 0.749. The molecule has 2 N–H and O–H groups in total. The van der Waals surface area contributed by atoms with Crippen LogP contribution < -0.4 is 5.32 Å². The summed E-state index contributed by atoms with van der Waals surface area (Å²) in [7, 11) is 0. The first-order valence-electron chi connectivity index (χ1n) is 6.09. The van der Waals surface area contributed by atoms with Gasteiger partial charge < -0.3 is 15.3 Å². The summed E-state index contributed by atoms with van der Waals surface area (Å²) in [5.74, 6) is 0.198. The van der Waals surface area contributed by atoms with Gasteiger partial charge in [-0.3, -0.25) is 4.79 Å². The molecule has 16 heavy (non-hydrogen) atoms. The van der Waals surface area contributed by atoms with Crippen LogP contribution in [0.2, 0.25) is 0 Å². The molecular formula is C12H24N2O2. The molecule has 0 bridgehead atoms. The zero-order chi connectivity index (χ0) is 12.2. The van der Waals surface area contributed by atoms with Gasteiger partial charge in [0.2, 0.25) is 5.91 Å². The number of hydrogen-bond donors (Lipinski definition) is 2. The monoisotopic (exact) mass is 228 g/mol. The molecular weight excluding hydrogens is 204 g/mol. The van der Waals surface area contributed by atoms with Crippen molar-refractivity contribution in [2.24, 2.45) is 0 Å². The van der Waals surface area contributed by atoms with Crippen LogP contribution in [0.3, 0.4) is 0 Å². The van der Waals surface area contributed by atoms with Crippen molar-refractivity contribution in [3.8, 4) is 0 Å². The van der Waals surface area contributed by atoms with Gasteiger partial charge >= 0.3 is 0 Å². The molecule has 0 aromatic carbocycles. The summed E-state index contributed by atoms with van der Waals surface area (Å²) in [5, 5.41) is 12.6. The topological polar surface area (TPSA) is 52.6 Å². The summed E-state index contributed by atoms with van der Waals surface area (Å²) in [5.41, 5.74) is 0.0678. The van der Waals surface area contributed by atoms with Gasteiger partial charge in [0.25, 0.3) is 0 Å². The smallest absolute Gasteiger partial charge is 0.223 e. The van der Waals surface area contributed by atoms with Crippen LogP contribution in [0.1, 0.15) is 40.0 Å². The van der Waals surface area contributed by atoms with E-state index in [0.717, 1.165) is 19.4 Å². The number of amides is 1. The molecule has 94 valence electrons. The van der Waals surface area contributed by atoms with Gasteiger partial charge in [-0.1, -0.05) is 0 Å². The van der Waals surface area contributed by atoms with Crippen LogP contribution in [-0.4, -0.2) is 47.2 Å². The van der Waals surface area contributed by atoms with Crippen LogP contribution in [0, 0.1) is 0 Å². The van der Waals surface area contributed by atoms with Gasteiger partial charge in [-0.15, -0.1) is 0 Å². The van der Waals surface area contributed by atoms with E-state index in [0.29, 0.717) is 19.5 Å². The average Bonchev–Trinajstić information content (AvgIpc) is 2.16. The first-order valence-corrected chi connectivity index (χ1v) is 6.09. The van der Waals surface area contributed by atoms with Crippen molar-refractivity contribution >= 4 is 5.91 Å². The molecule has 1 rings (SSSR count). The lowest BCUT2D eigenvalue weighted by Crippen LogP contribution is -2.43. The molecule has 0 unspecified atom stereocenters. The van der Waals surface area contributed by atoms with Crippen LogP contribution in [0.4, 0.5) is 0 Å². The van der Waals surface area contributed by atoms with E-state index in [2.05, 4.69) is 26.1 Å². The summed E-state index contributed by atoms with van der Waals surface area (Å²) < 4.78 is 0. The molecule has 1 aliphatic heterocycles. The molecule has 1 fully saturated rings. The number of aliphatic hydroxyl groups is 1. The molecule has 0 aromatic rings. The highest BCUT2D eigenvalue weighted by Crippen LogP contribution is 2.10. The van der Waals surface area contributed by atoms with Crippen molar-refractivity contribution < 1.29 is 9.90 Å². The minimum Gasteiger partial charge on any atom is -0.393 e. The standard InChI is InChI=1S/C12H24N2O2/c1-12(2,3)13-7-4-11(16)14-8-5-10(15)6-9-14/h10,13,15H,4-9H2,1-3H3. The van der Waals surface area contributed by atoms with E-state index >= 15 is 0 Å². The van der Waals surface area contributed by atoms with Gasteiger partial charge in [0.15, 0.2) is 0 Å². The predicted molar refractivity (Wildman–Crippen MR) is 64.2 cm³/mol. The number of carbonyl (C=O) groups excluding carboxylic acids is 1. The fourth-order valence-electron chi connectivity index (χ4n) is 1.82. The molecule has 0 radical (unpaired) electrons. The third-order valence-electron chi connectivity index (χ3n) is 2.81. The summed E-state index contributed by atoms with van der Waals surface area (Å²) in [4.78, 5) is 13.7. The van der Waals surface area contributed by atoms with Gasteiger partial charge in [0, 0.05) is 31.6 Å². The Labute approximate surface area is 98.0 Å². The molecule has 4 heteroatoms. The maximum Gasteiger partial charge on any atom is 0.223 e. The van der Waals surface area contributed by atoms with Gasteiger partial charge in [-0.2, -0.15) is 0 Å². The number of piperidine rings is 1. The van der Waals surface area contributed by atoms with Gasteiger partial charge in [0.1, 0.15) is 0 Å². The zero-order valence-electron chi connectivity index (χ0n) is 10.6. The Bertz CT molecular complexity index is 228. The third-order valence-corrected chi connectivity index (χ3v) is 2.81. The number of carbonyl (C=O) groups is 1. The third kappa shape index (κ3) is 4.94. The van der Waals surface area contributed by atoms with Crippen molar-refractivity contribution in [3.05, 3.63) is 0 Å². The second-order valence-corrected chi connectivity index (χ2v) is 5.54. The Morgan fingerprint density at radius 1 is 1.38 bits per heavy atom. The lowest BCUT2D eigenvalue weighted by atomic mass is 10.1. The SMILES string of the molecule is CC(C)(C)NCCC(=O)N1CCC(O)CC1. The normalized spacial score (nSPS) is 18.9. The van der Waals surface area contributed by atoms with Crippen LogP contribution in [-0.2, 0) is 4.79 Å². The fourth-order valence-corrected chi connectivity index (χ4v) is 1.82. The van der Waals surface area contributed by atoms with Crippen molar-refractivity contribution in [2.45, 2.75) is 51.7 Å². The van der Waals surface area contributed by atoms with E-state index in [-0.39, 0.29) is 17.6 Å². The molecule has 1 saturated heterocycles. The molecule has 0 saturated carbocycles. The van der Waals surface area contributed by atoms with E-state index < -0.39 is 0 Å². The Balaban J connectivity index is 2.20. The second kappa shape index (κ2) is 5.64. The van der Waals surface area contributed by atoms with Crippen molar-refractivity contribution in [1.29, 1.82) is 0 Å². The maximum absolute atomic E-state index is 11.8. The number of nitrogens with one attached hydrogen (secondary N) is 1. The van der Waals surface area contributed by atoms with Crippen molar-refractivity contribution in [1.82, 2.24) is 10.2 Å². The number of nitrogens with zero attached hydrogens (tertiary/aromatic N) is 1. The average molecular weight is 228 g/mol. The Morgan fingerprint density at radius 3 is 2.44 bits per heavy atom. The summed E-state index contributed by atoms with van der Waals surface area (Å²) in [6.07, 6.45) is 1.78. The van der Waals surface area contributed by atoms with Gasteiger partial charge in [-0.05, 0) is 33.6 Å². The van der Waals surface area contributed by atoms with E-state index in [4.69, 9.17) is 0 Å². The molecule has 4 nitrogen and oxygen atoms in total. The molecule has 0 aromatic heterocycles. The minimum absolute atomic E-state index is 0.0678. The Kier molecular flexibility index (Phi) is 4.74. The lowest BCUT2D eigenvalue weighted by Gasteiger charge is -2.30. The molecule has 1 amide bonds. The highest BCUT2D eigenvalue weighted by atomic mass is 16.3. The van der Waals surface area contributed by atoms with Crippen molar-refractivity contribution in [3.63, 3.8) is 0 Å². The van der Waals surface area contributed by atoms with Gasteiger partial charge in [-0.25, -0.2) is 0 Å². The van der Waals surface area contributed by atoms with E-state index in [1.807, 2.05) is 4.90 Å². The highest BCUT2D eigenvalue weighted by Gasteiger charge is 2.21. The van der Waals surface area contributed by atoms with Crippen LogP contribution in [0.15, 0.2) is 0 Å². The largest absolute Gasteiger partial charge is 0.393 e. The molecule has 1 aliphatic rings. The van der Waals surface area contributed by atoms with Crippen molar-refractivity contribution in [2.75, 3.05) is 19.6 Å². The van der Waals surface area contributed by atoms with Crippen LogP contribution in [0.5, 0.6) is 0 Å². The number of hydrogen-bond acceptors (Lipinski definition) is 3. The summed E-state index contributed by atoms with van der Waals surface area (Å²) >= 11 is 0. The van der Waals surface area contributed by atoms with Gasteiger partial charge in [0.05, 0.1) is 6.10 Å². The number of rotatable bonds is 3. The van der Waals surface area contributed by atoms with E-state index in [1.54, 1.807) is 0 Å². The molecule has 0 aliphatic carbocycles. The summed E-state index contributed by atoms with van der Waals surface area (Å²) in [6.45, 7) is 8.41. The van der Waals surface area contributed by atoms with Crippen LogP contribution >= 0.6 is 0 Å². The Hall–Kier alpha value is -0.610. The van der Waals surface area contributed by atoms with E-state index in [1.165, 1.54) is 0 Å². The summed E-state index contributed by atoms with van der Waals surface area (Å²) in [6, 6.07) is 0. The highest BCUT2D eigenvalue weighted by molar-refractivity contribution is 5.76. The fraction of sp³-hybridized carbons (Fsp3) is 0.917. The predicted octanol–water partition coefficient (Wildman–Crippen LogP) is 0.748. The first kappa shape index (κ1) is 13.5. The maximum atomic E-state index is 11.8. The van der Waals surface area contributed by atoms with E-state index in [9.17, 15) is 9.90 Å². The second-order valence-electron chi connectivity index (χ2n) is 5.54.